The number of H-pyrrole nitrogens is 1. The average molecular weight is 314 g/mol. The number of ketones is 1. The Kier molecular flexibility index (Phi) is 3.97. The molecule has 0 radical (unpaired) electrons. The molecule has 0 amide bonds. The van der Waals surface area contributed by atoms with E-state index in [0.717, 1.165) is 16.6 Å². The van der Waals surface area contributed by atoms with Gasteiger partial charge in [0.25, 0.3) is 0 Å². The number of carbonyl (C=O) groups is 1. The van der Waals surface area contributed by atoms with Crippen LogP contribution in [0.3, 0.4) is 0 Å². The zero-order valence-electron chi connectivity index (χ0n) is 11.2. The molecule has 3 aromatic rings. The number of tetrazole rings is 1. The van der Waals surface area contributed by atoms with E-state index in [9.17, 15) is 9.90 Å². The van der Waals surface area contributed by atoms with Crippen LogP contribution in [0.5, 0.6) is 0 Å². The Labute approximate surface area is 128 Å². The molecule has 2 N–H and O–H groups in total. The van der Waals surface area contributed by atoms with Gasteiger partial charge in [0.05, 0.1) is 5.01 Å². The molecule has 9 heteroatoms. The molecule has 110 valence electrons. The van der Waals surface area contributed by atoms with Crippen LogP contribution in [0.2, 0.25) is 0 Å². The zero-order valence-corrected chi connectivity index (χ0v) is 12.0. The number of thiazole rings is 1. The van der Waals surface area contributed by atoms with Gasteiger partial charge in [-0.3, -0.25) is 9.78 Å². The number of allylic oxidation sites excluding steroid dienone is 1. The second kappa shape index (κ2) is 6.22. The second-order valence-electron chi connectivity index (χ2n) is 4.29. The number of hydrogen-bond acceptors (Lipinski definition) is 8. The van der Waals surface area contributed by atoms with Crippen LogP contribution in [0.1, 0.15) is 26.9 Å². The van der Waals surface area contributed by atoms with Crippen molar-refractivity contribution >= 4 is 22.9 Å². The summed E-state index contributed by atoms with van der Waals surface area (Å²) in [5, 5.41) is 25.0. The number of nitrogens with one attached hydrogen (secondary N) is 1. The Hall–Kier alpha value is -2.94. The lowest BCUT2D eigenvalue weighted by atomic mass is 10.2. The maximum absolute atomic E-state index is 11.7. The van der Waals surface area contributed by atoms with Crippen molar-refractivity contribution in [1.29, 1.82) is 0 Å². The van der Waals surface area contributed by atoms with Crippen LogP contribution < -0.4 is 0 Å². The number of pyridine rings is 1. The van der Waals surface area contributed by atoms with Crippen molar-refractivity contribution in [1.82, 2.24) is 30.6 Å². The fourth-order valence-electron chi connectivity index (χ4n) is 1.71. The number of nitrogens with zero attached hydrogens (tertiary/aromatic N) is 5. The minimum absolute atomic E-state index is 0.112. The number of rotatable bonds is 5. The molecule has 0 aromatic carbocycles. The topological polar surface area (TPSA) is 118 Å². The maximum Gasteiger partial charge on any atom is 0.244 e. The Morgan fingerprint density at radius 1 is 1.36 bits per heavy atom. The highest BCUT2D eigenvalue weighted by molar-refractivity contribution is 7.09. The van der Waals surface area contributed by atoms with E-state index in [1.807, 2.05) is 12.1 Å². The monoisotopic (exact) mass is 314 g/mol. The number of carbonyl (C=O) groups excluding carboxylic acids is 1. The first-order chi connectivity index (χ1) is 10.7. The van der Waals surface area contributed by atoms with Crippen LogP contribution in [-0.2, 0) is 6.42 Å². The standard InChI is InChI=1S/C13H10N6O2S/c20-10(6-11(21)13-16-18-19-17-13)9-7-22-12(15-9)5-8-1-3-14-4-2-8/h1-4,6-7,20H,5H2,(H,16,17,18,19). The molecule has 0 atom stereocenters. The average Bonchev–Trinajstić information content (AvgIpc) is 3.19. The summed E-state index contributed by atoms with van der Waals surface area (Å²) >= 11 is 1.40. The molecule has 0 unspecified atom stereocenters. The van der Waals surface area contributed by atoms with Crippen molar-refractivity contribution < 1.29 is 9.90 Å². The summed E-state index contributed by atoms with van der Waals surface area (Å²) < 4.78 is 0. The maximum atomic E-state index is 11.7. The van der Waals surface area contributed by atoms with Gasteiger partial charge < -0.3 is 5.11 Å². The van der Waals surface area contributed by atoms with Crippen molar-refractivity contribution in [2.75, 3.05) is 0 Å². The van der Waals surface area contributed by atoms with Crippen LogP contribution in [0, 0.1) is 0 Å². The molecule has 0 bridgehead atoms. The van der Waals surface area contributed by atoms with E-state index in [1.165, 1.54) is 11.3 Å². The van der Waals surface area contributed by atoms with Gasteiger partial charge in [0.15, 0.2) is 0 Å². The van der Waals surface area contributed by atoms with Crippen LogP contribution in [0.4, 0.5) is 0 Å². The van der Waals surface area contributed by atoms with Gasteiger partial charge in [0.2, 0.25) is 11.6 Å². The lowest BCUT2D eigenvalue weighted by molar-refractivity contribution is 0.103. The molecule has 0 spiro atoms. The number of aliphatic hydroxyl groups is 1. The molecule has 0 fully saturated rings. The van der Waals surface area contributed by atoms with E-state index in [2.05, 4.69) is 30.6 Å². The Morgan fingerprint density at radius 3 is 2.91 bits per heavy atom. The summed E-state index contributed by atoms with van der Waals surface area (Å²) in [4.78, 5) is 20.0. The first-order valence-electron chi connectivity index (χ1n) is 6.24. The molecule has 3 aromatic heterocycles. The van der Waals surface area contributed by atoms with Gasteiger partial charge in [-0.15, -0.1) is 21.5 Å². The highest BCUT2D eigenvalue weighted by Crippen LogP contribution is 2.19. The van der Waals surface area contributed by atoms with Crippen molar-refractivity contribution in [2.24, 2.45) is 0 Å². The Bertz CT molecular complexity index is 797. The lowest BCUT2D eigenvalue weighted by Gasteiger charge is -1.96. The first-order valence-corrected chi connectivity index (χ1v) is 7.12. The van der Waals surface area contributed by atoms with Crippen LogP contribution in [0.25, 0.3) is 5.76 Å². The summed E-state index contributed by atoms with van der Waals surface area (Å²) in [6.07, 6.45) is 5.09. The molecule has 0 aliphatic carbocycles. The highest BCUT2D eigenvalue weighted by atomic mass is 32.1. The fourth-order valence-corrected chi connectivity index (χ4v) is 2.54. The first kappa shape index (κ1) is 14.0. The Morgan fingerprint density at radius 2 is 2.18 bits per heavy atom. The third-order valence-electron chi connectivity index (χ3n) is 2.75. The molecular formula is C13H10N6O2S. The largest absolute Gasteiger partial charge is 0.506 e. The molecule has 3 heterocycles. The second-order valence-corrected chi connectivity index (χ2v) is 5.23. The third-order valence-corrected chi connectivity index (χ3v) is 3.60. The number of aromatic amines is 1. The summed E-state index contributed by atoms with van der Waals surface area (Å²) in [6, 6.07) is 3.80. The van der Waals surface area contributed by atoms with Gasteiger partial charge in [-0.2, -0.15) is 5.21 Å². The molecule has 0 saturated heterocycles. The van der Waals surface area contributed by atoms with Gasteiger partial charge in [0, 0.05) is 30.3 Å². The summed E-state index contributed by atoms with van der Waals surface area (Å²) in [6.45, 7) is 0. The fraction of sp³-hybridized carbons (Fsp3) is 0.0769. The molecule has 8 nitrogen and oxygen atoms in total. The minimum Gasteiger partial charge on any atom is -0.506 e. The molecule has 0 saturated carbocycles. The van der Waals surface area contributed by atoms with Gasteiger partial charge in [-0.25, -0.2) is 4.98 Å². The predicted molar refractivity (Wildman–Crippen MR) is 78.3 cm³/mol. The zero-order chi connectivity index (χ0) is 15.4. The molecule has 3 rings (SSSR count). The number of hydrogen-bond donors (Lipinski definition) is 2. The molecular weight excluding hydrogens is 304 g/mol. The van der Waals surface area contributed by atoms with E-state index in [4.69, 9.17) is 0 Å². The normalized spacial score (nSPS) is 11.5. The summed E-state index contributed by atoms with van der Waals surface area (Å²) in [5.74, 6) is -0.888. The van der Waals surface area contributed by atoms with Gasteiger partial charge in [-0.05, 0) is 22.9 Å². The van der Waals surface area contributed by atoms with Gasteiger partial charge >= 0.3 is 0 Å². The van der Waals surface area contributed by atoms with Crippen molar-refractivity contribution in [3.05, 3.63) is 58.1 Å². The van der Waals surface area contributed by atoms with Crippen LogP contribution in [-0.4, -0.2) is 41.5 Å². The van der Waals surface area contributed by atoms with Crippen molar-refractivity contribution in [3.8, 4) is 0 Å². The molecule has 22 heavy (non-hydrogen) atoms. The van der Waals surface area contributed by atoms with E-state index < -0.39 is 5.78 Å². The smallest absolute Gasteiger partial charge is 0.244 e. The third kappa shape index (κ3) is 3.20. The Balaban J connectivity index is 1.74. The van der Waals surface area contributed by atoms with Crippen LogP contribution >= 0.6 is 11.3 Å². The molecule has 0 aliphatic heterocycles. The van der Waals surface area contributed by atoms with Crippen molar-refractivity contribution in [3.63, 3.8) is 0 Å². The van der Waals surface area contributed by atoms with E-state index in [-0.39, 0.29) is 11.6 Å². The highest BCUT2D eigenvalue weighted by Gasteiger charge is 2.12. The van der Waals surface area contributed by atoms with Gasteiger partial charge in [-0.1, -0.05) is 0 Å². The number of aromatic nitrogens is 6. The minimum atomic E-state index is -0.546. The summed E-state index contributed by atoms with van der Waals surface area (Å²) in [5.41, 5.74) is 1.41. The predicted octanol–water partition coefficient (Wildman–Crippen LogP) is 1.42. The van der Waals surface area contributed by atoms with E-state index in [0.29, 0.717) is 12.1 Å². The quantitative estimate of drug-likeness (QED) is 0.415. The van der Waals surface area contributed by atoms with Crippen molar-refractivity contribution in [2.45, 2.75) is 6.42 Å². The van der Waals surface area contributed by atoms with Gasteiger partial charge in [0.1, 0.15) is 11.5 Å². The van der Waals surface area contributed by atoms with E-state index in [1.54, 1.807) is 17.8 Å². The number of aliphatic hydroxyl groups excluding tert-OH is 1. The SMILES string of the molecule is O=C(C=C(O)c1csc(Cc2ccncc2)n1)c1nn[nH]n1. The summed E-state index contributed by atoms with van der Waals surface area (Å²) in [7, 11) is 0. The molecule has 0 aliphatic rings. The lowest BCUT2D eigenvalue weighted by Crippen LogP contribution is -1.99. The van der Waals surface area contributed by atoms with Crippen LogP contribution in [0.15, 0.2) is 36.0 Å². The van der Waals surface area contributed by atoms with E-state index >= 15 is 0 Å².